The quantitative estimate of drug-likeness (QED) is 0.819. The molecule has 1 N–H and O–H groups in total. The molecule has 0 saturated carbocycles. The largest absolute Gasteiger partial charge is 0.379 e. The van der Waals surface area contributed by atoms with Gasteiger partial charge in [0.05, 0.1) is 13.2 Å². The van der Waals surface area contributed by atoms with Gasteiger partial charge in [-0.2, -0.15) is 0 Å². The number of rotatable bonds is 5. The van der Waals surface area contributed by atoms with E-state index in [1.807, 2.05) is 4.90 Å². The molecule has 3 heterocycles. The average Bonchev–Trinajstić information content (AvgIpc) is 2.93. The molecule has 2 saturated heterocycles. The Morgan fingerprint density at radius 1 is 1.31 bits per heavy atom. The van der Waals surface area contributed by atoms with Gasteiger partial charge in [0.15, 0.2) is 0 Å². The molecule has 0 atom stereocenters. The minimum atomic E-state index is 0.100. The van der Waals surface area contributed by atoms with Crippen LogP contribution in [0.1, 0.15) is 38.3 Å². The molecule has 2 aliphatic rings. The standard InChI is InChI=1S/C20H34N4O2/c1-3-4-9-21-19(25)24-11-7-20(8-12-24)16-23(13-14-26-17-20)15-18-6-5-10-22(18)2/h5-6,10H,3-4,7-9,11-17H2,1-2H3,(H,21,25). The van der Waals surface area contributed by atoms with Gasteiger partial charge in [-0.15, -0.1) is 0 Å². The van der Waals surface area contributed by atoms with Gasteiger partial charge in [0, 0.05) is 63.6 Å². The van der Waals surface area contributed by atoms with Crippen LogP contribution in [0.25, 0.3) is 0 Å². The summed E-state index contributed by atoms with van der Waals surface area (Å²) < 4.78 is 8.17. The molecule has 1 aromatic rings. The second kappa shape index (κ2) is 8.91. The summed E-state index contributed by atoms with van der Waals surface area (Å²) in [5.41, 5.74) is 1.52. The fourth-order valence-electron chi connectivity index (χ4n) is 4.08. The number of aryl methyl sites for hydroxylation is 1. The molecule has 0 bridgehead atoms. The minimum Gasteiger partial charge on any atom is -0.379 e. The van der Waals surface area contributed by atoms with Crippen LogP contribution in [-0.4, -0.2) is 66.3 Å². The third-order valence-corrected chi connectivity index (χ3v) is 5.87. The second-order valence-electron chi connectivity index (χ2n) is 7.95. The van der Waals surface area contributed by atoms with Crippen LogP contribution >= 0.6 is 0 Å². The van der Waals surface area contributed by atoms with Crippen molar-refractivity contribution in [2.24, 2.45) is 12.5 Å². The maximum atomic E-state index is 12.3. The lowest BCUT2D eigenvalue weighted by Gasteiger charge is -2.42. The molecule has 1 spiro atoms. The van der Waals surface area contributed by atoms with E-state index >= 15 is 0 Å². The predicted octanol–water partition coefficient (Wildman–Crippen LogP) is 2.45. The average molecular weight is 363 g/mol. The van der Waals surface area contributed by atoms with E-state index in [9.17, 15) is 4.79 Å². The van der Waals surface area contributed by atoms with Gasteiger partial charge in [-0.25, -0.2) is 4.79 Å². The molecule has 3 rings (SSSR count). The number of nitrogens with one attached hydrogen (secondary N) is 1. The third-order valence-electron chi connectivity index (χ3n) is 5.87. The Hall–Kier alpha value is -1.53. The van der Waals surface area contributed by atoms with E-state index in [-0.39, 0.29) is 11.4 Å². The first kappa shape index (κ1) is 19.2. The minimum absolute atomic E-state index is 0.100. The van der Waals surface area contributed by atoms with Crippen molar-refractivity contribution in [2.45, 2.75) is 39.2 Å². The van der Waals surface area contributed by atoms with Gasteiger partial charge in [0.2, 0.25) is 0 Å². The zero-order valence-corrected chi connectivity index (χ0v) is 16.4. The van der Waals surface area contributed by atoms with Gasteiger partial charge < -0.3 is 19.5 Å². The van der Waals surface area contributed by atoms with E-state index in [4.69, 9.17) is 4.74 Å². The Morgan fingerprint density at radius 3 is 2.81 bits per heavy atom. The first-order chi connectivity index (χ1) is 12.6. The van der Waals surface area contributed by atoms with Crippen molar-refractivity contribution in [1.29, 1.82) is 0 Å². The van der Waals surface area contributed by atoms with Gasteiger partial charge in [-0.1, -0.05) is 13.3 Å². The lowest BCUT2D eigenvalue weighted by atomic mass is 9.78. The summed E-state index contributed by atoms with van der Waals surface area (Å²) in [4.78, 5) is 16.8. The fraction of sp³-hybridized carbons (Fsp3) is 0.750. The number of urea groups is 1. The van der Waals surface area contributed by atoms with E-state index in [0.717, 1.165) is 78.2 Å². The molecular formula is C20H34N4O2. The Bertz CT molecular complexity index is 578. The zero-order chi connectivity index (χ0) is 18.4. The Balaban J connectivity index is 1.54. The molecule has 0 aromatic carbocycles. The molecule has 0 radical (unpaired) electrons. The van der Waals surface area contributed by atoms with Crippen LogP contribution in [0.2, 0.25) is 0 Å². The van der Waals surface area contributed by atoms with Crippen LogP contribution in [-0.2, 0) is 18.3 Å². The lowest BCUT2D eigenvalue weighted by Crippen LogP contribution is -2.51. The number of ether oxygens (including phenoxy) is 1. The summed E-state index contributed by atoms with van der Waals surface area (Å²) in [6.07, 6.45) is 6.31. The van der Waals surface area contributed by atoms with E-state index < -0.39 is 0 Å². The molecule has 2 aliphatic heterocycles. The molecule has 2 amide bonds. The number of hydrogen-bond acceptors (Lipinski definition) is 3. The number of likely N-dealkylation sites (tertiary alicyclic amines) is 1. The van der Waals surface area contributed by atoms with Crippen molar-refractivity contribution >= 4 is 6.03 Å². The van der Waals surface area contributed by atoms with E-state index in [1.165, 1.54) is 5.69 Å². The normalized spacial score (nSPS) is 20.9. The predicted molar refractivity (Wildman–Crippen MR) is 103 cm³/mol. The first-order valence-corrected chi connectivity index (χ1v) is 10.0. The van der Waals surface area contributed by atoms with Crippen molar-refractivity contribution in [3.05, 3.63) is 24.0 Å². The highest BCUT2D eigenvalue weighted by molar-refractivity contribution is 5.74. The third kappa shape index (κ3) is 4.80. The molecule has 146 valence electrons. The number of amides is 2. The van der Waals surface area contributed by atoms with Gasteiger partial charge >= 0.3 is 6.03 Å². The molecule has 2 fully saturated rings. The molecule has 6 heteroatoms. The van der Waals surface area contributed by atoms with Crippen LogP contribution in [0.4, 0.5) is 4.79 Å². The summed E-state index contributed by atoms with van der Waals surface area (Å²) in [5, 5.41) is 3.04. The number of piperidine rings is 1. The lowest BCUT2D eigenvalue weighted by molar-refractivity contribution is 0.0228. The van der Waals surface area contributed by atoms with E-state index in [1.54, 1.807) is 0 Å². The van der Waals surface area contributed by atoms with Crippen molar-refractivity contribution in [1.82, 2.24) is 19.7 Å². The maximum Gasteiger partial charge on any atom is 0.317 e. The monoisotopic (exact) mass is 362 g/mol. The smallest absolute Gasteiger partial charge is 0.317 e. The first-order valence-electron chi connectivity index (χ1n) is 10.0. The van der Waals surface area contributed by atoms with Crippen molar-refractivity contribution < 1.29 is 9.53 Å². The van der Waals surface area contributed by atoms with Crippen LogP contribution in [0.15, 0.2) is 18.3 Å². The number of carbonyl (C=O) groups excluding carboxylic acids is 1. The molecule has 1 aromatic heterocycles. The highest BCUT2D eigenvalue weighted by Crippen LogP contribution is 2.34. The highest BCUT2D eigenvalue weighted by atomic mass is 16.5. The molecular weight excluding hydrogens is 328 g/mol. The SMILES string of the molecule is CCCCNC(=O)N1CCC2(CC1)COCCN(Cc1cccn1C)C2. The molecule has 0 unspecified atom stereocenters. The maximum absolute atomic E-state index is 12.3. The van der Waals surface area contributed by atoms with E-state index in [2.05, 4.69) is 47.1 Å². The topological polar surface area (TPSA) is 49.7 Å². The van der Waals surface area contributed by atoms with Crippen molar-refractivity contribution in [2.75, 3.05) is 45.9 Å². The molecule has 6 nitrogen and oxygen atoms in total. The van der Waals surface area contributed by atoms with Gasteiger partial charge in [-0.3, -0.25) is 4.90 Å². The fourth-order valence-corrected chi connectivity index (χ4v) is 4.08. The summed E-state index contributed by atoms with van der Waals surface area (Å²) in [7, 11) is 2.11. The Kier molecular flexibility index (Phi) is 6.59. The van der Waals surface area contributed by atoms with Crippen LogP contribution in [0, 0.1) is 5.41 Å². The van der Waals surface area contributed by atoms with Crippen molar-refractivity contribution in [3.63, 3.8) is 0 Å². The van der Waals surface area contributed by atoms with Gasteiger partial charge in [-0.05, 0) is 31.4 Å². The number of aromatic nitrogens is 1. The van der Waals surface area contributed by atoms with Gasteiger partial charge in [0.25, 0.3) is 0 Å². The summed E-state index contributed by atoms with van der Waals surface area (Å²) >= 11 is 0. The summed E-state index contributed by atoms with van der Waals surface area (Å²) in [6.45, 7) is 9.22. The number of nitrogens with zero attached hydrogens (tertiary/aromatic N) is 3. The zero-order valence-electron chi connectivity index (χ0n) is 16.4. The Morgan fingerprint density at radius 2 is 2.12 bits per heavy atom. The van der Waals surface area contributed by atoms with Gasteiger partial charge in [0.1, 0.15) is 0 Å². The van der Waals surface area contributed by atoms with E-state index in [0.29, 0.717) is 0 Å². The Labute approximate surface area is 157 Å². The number of hydrogen-bond donors (Lipinski definition) is 1. The van der Waals surface area contributed by atoms with Crippen LogP contribution < -0.4 is 5.32 Å². The van der Waals surface area contributed by atoms with Crippen LogP contribution in [0.5, 0.6) is 0 Å². The molecule has 26 heavy (non-hydrogen) atoms. The van der Waals surface area contributed by atoms with Crippen LogP contribution in [0.3, 0.4) is 0 Å². The second-order valence-corrected chi connectivity index (χ2v) is 7.95. The summed E-state index contributed by atoms with van der Waals surface area (Å²) in [5.74, 6) is 0. The highest BCUT2D eigenvalue weighted by Gasteiger charge is 2.39. The van der Waals surface area contributed by atoms with Crippen molar-refractivity contribution in [3.8, 4) is 0 Å². The number of carbonyl (C=O) groups is 1. The number of unbranched alkanes of at least 4 members (excludes halogenated alkanes) is 1. The molecule has 0 aliphatic carbocycles. The summed E-state index contributed by atoms with van der Waals surface area (Å²) in [6, 6.07) is 4.40.